The minimum Gasteiger partial charge on any atom is -0.477 e. The predicted octanol–water partition coefficient (Wildman–Crippen LogP) is 2.41. The zero-order valence-corrected chi connectivity index (χ0v) is 15.7. The first-order valence-corrected chi connectivity index (χ1v) is 8.72. The molecule has 0 bridgehead atoms. The van der Waals surface area contributed by atoms with Crippen LogP contribution in [0.1, 0.15) is 37.2 Å². The molecule has 1 aliphatic heterocycles. The van der Waals surface area contributed by atoms with Crippen LogP contribution in [0.4, 0.5) is 0 Å². The van der Waals surface area contributed by atoms with Gasteiger partial charge in [0.2, 0.25) is 0 Å². The first kappa shape index (κ1) is 17.3. The quantitative estimate of drug-likeness (QED) is 0.750. The fourth-order valence-corrected chi connectivity index (χ4v) is 3.57. The molecule has 8 heteroatoms. The van der Waals surface area contributed by atoms with Gasteiger partial charge < -0.3 is 9.67 Å². The van der Waals surface area contributed by atoms with E-state index >= 15 is 0 Å². The van der Waals surface area contributed by atoms with E-state index in [0.717, 1.165) is 17.0 Å². The first-order valence-electron chi connectivity index (χ1n) is 8.72. The maximum Gasteiger partial charge on any atom is 0.341 e. The van der Waals surface area contributed by atoms with Crippen LogP contribution >= 0.6 is 0 Å². The Bertz CT molecular complexity index is 1110. The Morgan fingerprint density at radius 3 is 2.56 bits per heavy atom. The predicted molar refractivity (Wildman–Crippen MR) is 99.6 cm³/mol. The molecular formula is C19H21N5O3. The number of nitrogens with zero attached hydrogens (tertiary/aromatic N) is 5. The molecular weight excluding hydrogens is 346 g/mol. The lowest BCUT2D eigenvalue weighted by Gasteiger charge is -2.38. The number of carbonyl (C=O) groups is 1. The number of carboxylic acid groups (broad SMARTS) is 1. The van der Waals surface area contributed by atoms with Crippen molar-refractivity contribution in [3.63, 3.8) is 0 Å². The van der Waals surface area contributed by atoms with Crippen LogP contribution in [0.5, 0.6) is 0 Å². The zero-order valence-electron chi connectivity index (χ0n) is 15.7. The number of pyridine rings is 1. The minimum atomic E-state index is -1.21. The number of aryl methyl sites for hydroxylation is 1. The Morgan fingerprint density at radius 1 is 1.22 bits per heavy atom. The van der Waals surface area contributed by atoms with Crippen molar-refractivity contribution in [2.24, 2.45) is 12.5 Å². The molecule has 140 valence electrons. The van der Waals surface area contributed by atoms with Crippen LogP contribution in [0.3, 0.4) is 0 Å². The third-order valence-corrected chi connectivity index (χ3v) is 5.03. The van der Waals surface area contributed by atoms with E-state index in [4.69, 9.17) is 5.10 Å². The summed E-state index contributed by atoms with van der Waals surface area (Å²) in [6, 6.07) is 3.28. The van der Waals surface area contributed by atoms with Gasteiger partial charge in [0, 0.05) is 31.1 Å². The summed E-state index contributed by atoms with van der Waals surface area (Å²) >= 11 is 0. The summed E-state index contributed by atoms with van der Waals surface area (Å²) < 4.78 is 5.52. The summed E-state index contributed by atoms with van der Waals surface area (Å²) in [6.07, 6.45) is 5.10. The monoisotopic (exact) mass is 367 g/mol. The summed E-state index contributed by atoms with van der Waals surface area (Å²) in [5.74, 6) is -1.21. The van der Waals surface area contributed by atoms with Crippen molar-refractivity contribution < 1.29 is 9.90 Å². The van der Waals surface area contributed by atoms with Crippen molar-refractivity contribution in [3.05, 3.63) is 46.5 Å². The lowest BCUT2D eigenvalue weighted by atomic mass is 9.85. The Morgan fingerprint density at radius 2 is 1.96 bits per heavy atom. The Labute approximate surface area is 155 Å². The van der Waals surface area contributed by atoms with Crippen molar-refractivity contribution in [2.75, 3.05) is 0 Å². The molecule has 1 atom stereocenters. The molecule has 27 heavy (non-hydrogen) atoms. The largest absolute Gasteiger partial charge is 0.477 e. The van der Waals surface area contributed by atoms with Gasteiger partial charge in [0.25, 0.3) is 0 Å². The zero-order chi connectivity index (χ0) is 19.5. The van der Waals surface area contributed by atoms with Crippen LogP contribution < -0.4 is 5.43 Å². The van der Waals surface area contributed by atoms with E-state index in [-0.39, 0.29) is 17.0 Å². The number of carboxylic acids is 1. The molecule has 0 amide bonds. The molecule has 0 aliphatic carbocycles. The number of hydrogen-bond acceptors (Lipinski definition) is 4. The number of fused-ring (bicyclic) bond motifs is 3. The highest BCUT2D eigenvalue weighted by atomic mass is 16.4. The average molecular weight is 367 g/mol. The van der Waals surface area contributed by atoms with Gasteiger partial charge in [-0.25, -0.2) is 4.79 Å². The number of aromatic carboxylic acids is 1. The number of hydrogen-bond donors (Lipinski definition) is 1. The van der Waals surface area contributed by atoms with Gasteiger partial charge in [0.1, 0.15) is 5.56 Å². The summed E-state index contributed by atoms with van der Waals surface area (Å²) in [7, 11) is 1.84. The second-order valence-electron chi connectivity index (χ2n) is 8.03. The van der Waals surface area contributed by atoms with Crippen LogP contribution in [0.15, 0.2) is 35.5 Å². The highest BCUT2D eigenvalue weighted by Gasteiger charge is 2.34. The third kappa shape index (κ3) is 2.77. The normalized spacial score (nSPS) is 16.1. The van der Waals surface area contributed by atoms with Crippen molar-refractivity contribution in [3.8, 4) is 22.6 Å². The summed E-state index contributed by atoms with van der Waals surface area (Å²) in [4.78, 5) is 23.8. The van der Waals surface area contributed by atoms with Crippen LogP contribution in [0.25, 0.3) is 22.6 Å². The smallest absolute Gasteiger partial charge is 0.341 e. The van der Waals surface area contributed by atoms with Crippen molar-refractivity contribution in [1.82, 2.24) is 24.1 Å². The lowest BCUT2D eigenvalue weighted by Crippen LogP contribution is -2.35. The molecule has 4 rings (SSSR count). The van der Waals surface area contributed by atoms with Crippen LogP contribution in [-0.2, 0) is 13.6 Å². The highest BCUT2D eigenvalue weighted by molar-refractivity contribution is 5.87. The first-order chi connectivity index (χ1) is 12.6. The van der Waals surface area contributed by atoms with Gasteiger partial charge in [-0.2, -0.15) is 10.2 Å². The van der Waals surface area contributed by atoms with Crippen molar-refractivity contribution in [2.45, 2.75) is 33.4 Å². The summed E-state index contributed by atoms with van der Waals surface area (Å²) in [5.41, 5.74) is 2.27. The molecule has 0 fully saturated rings. The van der Waals surface area contributed by atoms with E-state index in [1.165, 1.54) is 12.3 Å². The van der Waals surface area contributed by atoms with E-state index in [1.54, 1.807) is 10.9 Å². The topological polar surface area (TPSA) is 94.9 Å². The molecule has 0 saturated heterocycles. The van der Waals surface area contributed by atoms with Crippen LogP contribution in [0.2, 0.25) is 0 Å². The SMILES string of the molecule is Cn1cc(-c2cc3n(n2)C[C@@H](C(C)(C)C)n2cc(C(=O)O)c(=O)cc2-3)cn1. The number of aromatic nitrogens is 5. The fraction of sp³-hybridized carbons (Fsp3) is 0.368. The van der Waals surface area contributed by atoms with Gasteiger partial charge in [-0.05, 0) is 11.5 Å². The highest BCUT2D eigenvalue weighted by Crippen LogP contribution is 2.40. The third-order valence-electron chi connectivity index (χ3n) is 5.03. The molecule has 1 N–H and O–H groups in total. The van der Waals surface area contributed by atoms with Gasteiger partial charge >= 0.3 is 5.97 Å². The van der Waals surface area contributed by atoms with Gasteiger partial charge in [-0.3, -0.25) is 14.2 Å². The van der Waals surface area contributed by atoms with Gasteiger partial charge in [-0.1, -0.05) is 20.8 Å². The van der Waals surface area contributed by atoms with Gasteiger partial charge in [0.05, 0.1) is 35.9 Å². The van der Waals surface area contributed by atoms with E-state index in [2.05, 4.69) is 25.9 Å². The molecule has 0 unspecified atom stereocenters. The Kier molecular flexibility index (Phi) is 3.62. The van der Waals surface area contributed by atoms with Gasteiger partial charge in [0.15, 0.2) is 5.43 Å². The summed E-state index contributed by atoms with van der Waals surface area (Å²) in [6.45, 7) is 6.87. The molecule has 3 aromatic heterocycles. The van der Waals surface area contributed by atoms with Crippen molar-refractivity contribution >= 4 is 5.97 Å². The maximum absolute atomic E-state index is 12.3. The fourth-order valence-electron chi connectivity index (χ4n) is 3.57. The Balaban J connectivity index is 1.95. The van der Waals surface area contributed by atoms with Crippen molar-refractivity contribution in [1.29, 1.82) is 0 Å². The van der Waals surface area contributed by atoms with E-state index in [0.29, 0.717) is 12.2 Å². The molecule has 0 aromatic carbocycles. The molecule has 0 radical (unpaired) electrons. The summed E-state index contributed by atoms with van der Waals surface area (Å²) in [5, 5.41) is 18.3. The maximum atomic E-state index is 12.3. The van der Waals surface area contributed by atoms with Crippen LogP contribution in [0, 0.1) is 5.41 Å². The molecule has 4 heterocycles. The van der Waals surface area contributed by atoms with Crippen LogP contribution in [-0.4, -0.2) is 35.2 Å². The molecule has 3 aromatic rings. The Hall–Kier alpha value is -3.16. The van der Waals surface area contributed by atoms with E-state index in [9.17, 15) is 14.7 Å². The molecule has 8 nitrogen and oxygen atoms in total. The average Bonchev–Trinajstić information content (AvgIpc) is 3.18. The minimum absolute atomic E-state index is 0.0413. The van der Waals surface area contributed by atoms with E-state index in [1.807, 2.05) is 28.6 Å². The number of rotatable bonds is 2. The standard InChI is InChI=1S/C19H21N5O3/c1-19(2,3)17-10-24-15(5-13(21-24)11-7-20-22(4)8-11)14-6-16(25)12(18(26)27)9-23(14)17/h5-9,17H,10H2,1-4H3,(H,26,27)/t17-/m0/s1. The second kappa shape index (κ2) is 5.67. The lowest BCUT2D eigenvalue weighted by molar-refractivity contribution is 0.0693. The molecule has 1 aliphatic rings. The van der Waals surface area contributed by atoms with E-state index < -0.39 is 11.4 Å². The molecule has 0 spiro atoms. The second-order valence-corrected chi connectivity index (χ2v) is 8.03. The molecule has 0 saturated carbocycles. The van der Waals surface area contributed by atoms with Gasteiger partial charge in [-0.15, -0.1) is 0 Å².